The first-order valence-corrected chi connectivity index (χ1v) is 16.5. The SMILES string of the molecule is C[S+]([O-])N[C@H]1CCCCC1N1C(=O)c2ccccc2[C@@H](C(=O)NOCc2ccc3[nH]c(=O)oc3c2)[C@@H]1c1ccc(Cl)cc1Cl. The number of hydroxylamine groups is 1. The molecule has 2 amide bonds. The van der Waals surface area contributed by atoms with Crippen molar-refractivity contribution in [2.45, 2.75) is 56.3 Å². The van der Waals surface area contributed by atoms with Gasteiger partial charge in [0, 0.05) is 27.0 Å². The molecule has 1 fully saturated rings. The maximum Gasteiger partial charge on any atom is 0.417 e. The summed E-state index contributed by atoms with van der Waals surface area (Å²) in [4.78, 5) is 50.0. The number of aromatic amines is 1. The van der Waals surface area contributed by atoms with E-state index in [9.17, 15) is 18.9 Å². The zero-order valence-corrected chi connectivity index (χ0v) is 26.0. The van der Waals surface area contributed by atoms with Gasteiger partial charge < -0.3 is 13.9 Å². The number of hydrogen-bond acceptors (Lipinski definition) is 7. The highest BCUT2D eigenvalue weighted by atomic mass is 35.5. The minimum atomic E-state index is -1.31. The molecule has 3 N–H and O–H groups in total. The summed E-state index contributed by atoms with van der Waals surface area (Å²) in [6, 6.07) is 15.7. The van der Waals surface area contributed by atoms with Gasteiger partial charge in [-0.15, -0.1) is 4.72 Å². The van der Waals surface area contributed by atoms with E-state index in [0.29, 0.717) is 49.8 Å². The zero-order valence-electron chi connectivity index (χ0n) is 23.7. The van der Waals surface area contributed by atoms with Crippen LogP contribution in [-0.2, 0) is 27.6 Å². The van der Waals surface area contributed by atoms with Crippen LogP contribution in [-0.4, -0.2) is 44.6 Å². The van der Waals surface area contributed by atoms with Gasteiger partial charge in [-0.3, -0.25) is 19.4 Å². The van der Waals surface area contributed by atoms with E-state index in [4.69, 9.17) is 32.5 Å². The summed E-state index contributed by atoms with van der Waals surface area (Å²) >= 11 is 11.7. The smallest absolute Gasteiger partial charge is 0.417 e. The molecule has 10 nitrogen and oxygen atoms in total. The minimum Gasteiger partial charge on any atom is -0.598 e. The quantitative estimate of drug-likeness (QED) is 0.176. The molecule has 13 heteroatoms. The Morgan fingerprint density at radius 3 is 2.68 bits per heavy atom. The van der Waals surface area contributed by atoms with Gasteiger partial charge in [0.15, 0.2) is 5.58 Å². The second kappa shape index (κ2) is 13.0. The Balaban J connectivity index is 1.38. The number of rotatable bonds is 8. The Kier molecular flexibility index (Phi) is 9.04. The zero-order chi connectivity index (χ0) is 31.0. The van der Waals surface area contributed by atoms with Gasteiger partial charge >= 0.3 is 5.76 Å². The van der Waals surface area contributed by atoms with E-state index in [2.05, 4.69) is 15.2 Å². The topological polar surface area (TPSA) is 140 Å². The molecule has 2 heterocycles. The number of H-pyrrole nitrogens is 1. The summed E-state index contributed by atoms with van der Waals surface area (Å²) in [5, 5.41) is 0.741. The molecule has 5 atom stereocenters. The number of oxazole rings is 1. The Hall–Kier alpha value is -3.32. The van der Waals surface area contributed by atoms with E-state index in [1.54, 1.807) is 71.8 Å². The molecule has 4 aromatic rings. The highest BCUT2D eigenvalue weighted by molar-refractivity contribution is 7.88. The Morgan fingerprint density at radius 1 is 1.09 bits per heavy atom. The molecule has 2 unspecified atom stereocenters. The second-order valence-corrected chi connectivity index (χ2v) is 13.0. The van der Waals surface area contributed by atoms with E-state index in [1.807, 2.05) is 0 Å². The van der Waals surface area contributed by atoms with Crippen molar-refractivity contribution < 1.29 is 23.4 Å². The van der Waals surface area contributed by atoms with Crippen molar-refractivity contribution in [2.75, 3.05) is 6.26 Å². The molecule has 44 heavy (non-hydrogen) atoms. The van der Waals surface area contributed by atoms with Crippen LogP contribution in [0.3, 0.4) is 0 Å². The number of carbonyl (C=O) groups excluding carboxylic acids is 2. The number of fused-ring (bicyclic) bond motifs is 2. The Bertz CT molecular complexity index is 1760. The van der Waals surface area contributed by atoms with Crippen LogP contribution in [0.15, 0.2) is 69.9 Å². The van der Waals surface area contributed by atoms with Crippen molar-refractivity contribution in [3.63, 3.8) is 0 Å². The summed E-state index contributed by atoms with van der Waals surface area (Å²) < 4.78 is 20.6. The molecule has 230 valence electrons. The van der Waals surface area contributed by atoms with Gasteiger partial charge in [0.05, 0.1) is 36.2 Å². The first-order chi connectivity index (χ1) is 21.2. The van der Waals surface area contributed by atoms with Gasteiger partial charge in [-0.1, -0.05) is 66.4 Å². The standard InChI is InChI=1S/C31H30Cl2N4O6S/c1-44(41)36-23-8-4-5-9-25(23)37-28(21-12-11-18(32)15-22(21)33)27(19-6-2-3-7-20(19)30(37)39)29(38)35-42-16-17-10-13-24-26(14-17)43-31(40)34-24/h2-3,6-7,10-15,23,25,27-28,36H,4-5,8-9,16H2,1H3,(H,34,40)(H,35,38)/t23-,25?,27+,28-,44?/m0/s1. The largest absolute Gasteiger partial charge is 0.598 e. The number of nitrogens with zero attached hydrogens (tertiary/aromatic N) is 1. The predicted molar refractivity (Wildman–Crippen MR) is 168 cm³/mol. The molecule has 6 rings (SSSR count). The molecule has 2 aliphatic rings. The number of benzene rings is 3. The molecular weight excluding hydrogens is 627 g/mol. The lowest BCUT2D eigenvalue weighted by Gasteiger charge is -2.48. The third kappa shape index (κ3) is 6.13. The molecule has 0 bridgehead atoms. The van der Waals surface area contributed by atoms with Crippen LogP contribution in [0.2, 0.25) is 10.0 Å². The molecule has 1 aliphatic carbocycles. The number of aromatic nitrogens is 1. The predicted octanol–water partition coefficient (Wildman–Crippen LogP) is 5.15. The normalized spacial score (nSPS) is 22.5. The maximum atomic E-state index is 14.3. The Labute approximate surface area is 266 Å². The van der Waals surface area contributed by atoms with Crippen LogP contribution in [0.4, 0.5) is 0 Å². The van der Waals surface area contributed by atoms with Crippen LogP contribution >= 0.6 is 23.2 Å². The Morgan fingerprint density at radius 2 is 1.89 bits per heavy atom. The number of hydrogen-bond donors (Lipinski definition) is 3. The summed E-state index contributed by atoms with van der Waals surface area (Å²) in [6.07, 6.45) is 4.75. The highest BCUT2D eigenvalue weighted by Gasteiger charge is 2.49. The van der Waals surface area contributed by atoms with Crippen LogP contribution in [0.25, 0.3) is 11.1 Å². The number of halogens is 2. The molecule has 1 aromatic heterocycles. The third-order valence-electron chi connectivity index (χ3n) is 8.24. The fraction of sp³-hybridized carbons (Fsp3) is 0.323. The van der Waals surface area contributed by atoms with Crippen molar-refractivity contribution in [2.24, 2.45) is 0 Å². The summed E-state index contributed by atoms with van der Waals surface area (Å²) in [5.74, 6) is -2.17. The maximum absolute atomic E-state index is 14.3. The van der Waals surface area contributed by atoms with Crippen molar-refractivity contribution in [3.8, 4) is 0 Å². The van der Waals surface area contributed by atoms with Crippen LogP contribution < -0.4 is 16.0 Å². The molecule has 1 saturated carbocycles. The van der Waals surface area contributed by atoms with Crippen molar-refractivity contribution in [3.05, 3.63) is 104 Å². The average Bonchev–Trinajstić information content (AvgIpc) is 3.37. The third-order valence-corrected chi connectivity index (χ3v) is 9.44. The molecule has 0 saturated heterocycles. The lowest BCUT2D eigenvalue weighted by Crippen LogP contribution is -2.59. The van der Waals surface area contributed by atoms with Gasteiger partial charge in [-0.2, -0.15) is 0 Å². The number of amides is 2. The fourth-order valence-electron chi connectivity index (χ4n) is 6.40. The monoisotopic (exact) mass is 656 g/mol. The first kappa shape index (κ1) is 30.7. The van der Waals surface area contributed by atoms with Crippen LogP contribution in [0, 0.1) is 0 Å². The second-order valence-electron chi connectivity index (χ2n) is 11.0. The van der Waals surface area contributed by atoms with Gasteiger partial charge in [-0.05, 0) is 59.9 Å². The van der Waals surface area contributed by atoms with Crippen LogP contribution in [0.5, 0.6) is 0 Å². The fourth-order valence-corrected chi connectivity index (χ4v) is 7.62. The van der Waals surface area contributed by atoms with Crippen molar-refractivity contribution in [1.29, 1.82) is 0 Å². The van der Waals surface area contributed by atoms with E-state index >= 15 is 0 Å². The first-order valence-electron chi connectivity index (χ1n) is 14.2. The van der Waals surface area contributed by atoms with Gasteiger partial charge in [0.2, 0.25) is 0 Å². The molecule has 0 radical (unpaired) electrons. The van der Waals surface area contributed by atoms with Crippen LogP contribution in [0.1, 0.15) is 64.7 Å². The van der Waals surface area contributed by atoms with Gasteiger partial charge in [0.25, 0.3) is 11.8 Å². The summed E-state index contributed by atoms with van der Waals surface area (Å²) in [7, 11) is 0. The molecule has 0 spiro atoms. The van der Waals surface area contributed by atoms with Crippen molar-refractivity contribution in [1.82, 2.24) is 20.1 Å². The summed E-state index contributed by atoms with van der Waals surface area (Å²) in [5.41, 5.74) is 5.70. The van der Waals surface area contributed by atoms with E-state index in [0.717, 1.165) is 19.3 Å². The minimum absolute atomic E-state index is 0.00309. The highest BCUT2D eigenvalue weighted by Crippen LogP contribution is 2.47. The molecular formula is C31H30Cl2N4O6S. The summed E-state index contributed by atoms with van der Waals surface area (Å²) in [6.45, 7) is -0.00309. The molecule has 1 aliphatic heterocycles. The average molecular weight is 658 g/mol. The lowest BCUT2D eigenvalue weighted by molar-refractivity contribution is -0.138. The van der Waals surface area contributed by atoms with Crippen molar-refractivity contribution >= 4 is 57.5 Å². The van der Waals surface area contributed by atoms with E-state index in [1.165, 1.54) is 0 Å². The number of nitrogens with one attached hydrogen (secondary N) is 3. The number of carbonyl (C=O) groups is 2. The van der Waals surface area contributed by atoms with E-state index < -0.39 is 35.0 Å². The van der Waals surface area contributed by atoms with Gasteiger partial charge in [-0.25, -0.2) is 10.3 Å². The molecule has 3 aromatic carbocycles. The van der Waals surface area contributed by atoms with Gasteiger partial charge in [0.1, 0.15) is 6.26 Å². The van der Waals surface area contributed by atoms with E-state index in [-0.39, 0.29) is 24.6 Å². The lowest BCUT2D eigenvalue weighted by atomic mass is 9.76.